The molecule has 3 rings (SSSR count). The number of nitrogens with zero attached hydrogens (tertiary/aromatic N) is 1. The summed E-state index contributed by atoms with van der Waals surface area (Å²) in [4.78, 5) is 25.6. The Hall–Kier alpha value is -2.12. The number of aliphatic carboxylic acids is 1. The second-order valence-electron chi connectivity index (χ2n) is 7.34. The number of carbonyl (C=O) groups excluding carboxylic acids is 1. The van der Waals surface area contributed by atoms with E-state index in [4.69, 9.17) is 5.11 Å². The van der Waals surface area contributed by atoms with Crippen molar-refractivity contribution in [3.63, 3.8) is 0 Å². The quantitative estimate of drug-likeness (QED) is 0.633. The van der Waals surface area contributed by atoms with E-state index in [0.29, 0.717) is 25.7 Å². The van der Waals surface area contributed by atoms with E-state index in [1.165, 1.54) is 0 Å². The van der Waals surface area contributed by atoms with Gasteiger partial charge in [-0.2, -0.15) is 0 Å². The molecule has 7 heteroatoms. The molecule has 142 valence electrons. The Kier molecular flexibility index (Phi) is 5.78. The van der Waals surface area contributed by atoms with Gasteiger partial charge in [0, 0.05) is 43.5 Å². The third-order valence-electron chi connectivity index (χ3n) is 5.38. The molecule has 0 radical (unpaired) electrons. The molecule has 0 atom stereocenters. The molecule has 1 aliphatic heterocycles. The molecule has 2 aliphatic rings. The molecule has 0 spiro atoms. The van der Waals surface area contributed by atoms with Gasteiger partial charge >= 0.3 is 5.97 Å². The van der Waals surface area contributed by atoms with Gasteiger partial charge in [0.15, 0.2) is 0 Å². The molecule has 2 fully saturated rings. The second-order valence-corrected chi connectivity index (χ2v) is 7.34. The topological polar surface area (TPSA) is 102 Å². The van der Waals surface area contributed by atoms with Crippen molar-refractivity contribution >= 4 is 23.3 Å². The molecule has 4 N–H and O–H groups in total. The molecule has 0 aromatic heterocycles. The zero-order valence-corrected chi connectivity index (χ0v) is 14.9. The molecular formula is C19H27N3O4. The largest absolute Gasteiger partial charge is 0.481 e. The van der Waals surface area contributed by atoms with Crippen molar-refractivity contribution < 1.29 is 19.8 Å². The summed E-state index contributed by atoms with van der Waals surface area (Å²) in [5, 5.41) is 25.4. The fourth-order valence-electron chi connectivity index (χ4n) is 3.80. The van der Waals surface area contributed by atoms with E-state index >= 15 is 0 Å². The highest BCUT2D eigenvalue weighted by atomic mass is 16.4. The molecule has 26 heavy (non-hydrogen) atoms. The zero-order valence-electron chi connectivity index (χ0n) is 14.9. The molecule has 1 aromatic carbocycles. The van der Waals surface area contributed by atoms with Crippen molar-refractivity contribution in [2.75, 3.05) is 36.4 Å². The number of nitrogens with one attached hydrogen (secondary N) is 2. The molecule has 1 saturated carbocycles. The number of rotatable bonds is 5. The van der Waals surface area contributed by atoms with Crippen molar-refractivity contribution in [2.24, 2.45) is 5.92 Å². The SMILES string of the molecule is O=C(O)CC1(O)CCC(C(=O)Nc2ccc(N3CCNCC3)cc2)CC1. The van der Waals surface area contributed by atoms with Gasteiger partial charge in [-0.1, -0.05) is 0 Å². The van der Waals surface area contributed by atoms with E-state index in [1.807, 2.05) is 24.3 Å². The minimum Gasteiger partial charge on any atom is -0.481 e. The first-order chi connectivity index (χ1) is 12.5. The number of anilines is 2. The van der Waals surface area contributed by atoms with E-state index in [9.17, 15) is 14.7 Å². The lowest BCUT2D eigenvalue weighted by molar-refractivity contribution is -0.144. The van der Waals surface area contributed by atoms with Crippen LogP contribution in [-0.2, 0) is 9.59 Å². The third kappa shape index (κ3) is 4.74. The van der Waals surface area contributed by atoms with E-state index in [0.717, 1.165) is 37.6 Å². The number of hydrogen-bond acceptors (Lipinski definition) is 5. The molecule has 0 bridgehead atoms. The number of benzene rings is 1. The van der Waals surface area contributed by atoms with E-state index in [1.54, 1.807) is 0 Å². The molecule has 7 nitrogen and oxygen atoms in total. The summed E-state index contributed by atoms with van der Waals surface area (Å²) in [6.45, 7) is 3.92. The van der Waals surface area contributed by atoms with E-state index in [2.05, 4.69) is 15.5 Å². The average Bonchev–Trinajstić information content (AvgIpc) is 2.62. The normalized spacial score (nSPS) is 26.3. The van der Waals surface area contributed by atoms with Crippen molar-refractivity contribution in [2.45, 2.75) is 37.7 Å². The summed E-state index contributed by atoms with van der Waals surface area (Å²) in [5.74, 6) is -1.24. The highest BCUT2D eigenvalue weighted by Crippen LogP contribution is 2.35. The zero-order chi connectivity index (χ0) is 18.6. The second kappa shape index (κ2) is 8.05. The van der Waals surface area contributed by atoms with Crippen LogP contribution >= 0.6 is 0 Å². The van der Waals surface area contributed by atoms with Crippen LogP contribution in [0.1, 0.15) is 32.1 Å². The van der Waals surface area contributed by atoms with Gasteiger partial charge in [0.1, 0.15) is 0 Å². The van der Waals surface area contributed by atoms with Crippen LogP contribution in [0.2, 0.25) is 0 Å². The van der Waals surface area contributed by atoms with Gasteiger partial charge in [0.25, 0.3) is 0 Å². The monoisotopic (exact) mass is 361 g/mol. The van der Waals surface area contributed by atoms with Gasteiger partial charge in [-0.15, -0.1) is 0 Å². The molecule has 0 unspecified atom stereocenters. The Morgan fingerprint density at radius 3 is 2.35 bits per heavy atom. The van der Waals surface area contributed by atoms with Crippen LogP contribution in [0, 0.1) is 5.92 Å². The maximum absolute atomic E-state index is 12.5. The minimum atomic E-state index is -1.17. The van der Waals surface area contributed by atoms with Crippen molar-refractivity contribution in [3.05, 3.63) is 24.3 Å². The standard InChI is InChI=1S/C19H27N3O4/c23-17(24)13-19(26)7-5-14(6-8-19)18(25)21-15-1-3-16(4-2-15)22-11-9-20-10-12-22/h1-4,14,20,26H,5-13H2,(H,21,25)(H,23,24). The van der Waals surface area contributed by atoms with Crippen LogP contribution in [0.5, 0.6) is 0 Å². The number of hydrogen-bond donors (Lipinski definition) is 4. The Labute approximate surface area is 153 Å². The van der Waals surface area contributed by atoms with E-state index in [-0.39, 0.29) is 18.2 Å². The highest BCUT2D eigenvalue weighted by molar-refractivity contribution is 5.92. The summed E-state index contributed by atoms with van der Waals surface area (Å²) in [6, 6.07) is 7.87. The fraction of sp³-hybridized carbons (Fsp3) is 0.579. The molecular weight excluding hydrogens is 334 g/mol. The summed E-state index contributed by atoms with van der Waals surface area (Å²) in [7, 11) is 0. The maximum atomic E-state index is 12.5. The van der Waals surface area contributed by atoms with Crippen LogP contribution in [0.25, 0.3) is 0 Å². The predicted molar refractivity (Wildman–Crippen MR) is 99.3 cm³/mol. The summed E-state index contributed by atoms with van der Waals surface area (Å²) in [5.41, 5.74) is 0.745. The van der Waals surface area contributed by atoms with Crippen LogP contribution in [0.3, 0.4) is 0 Å². The van der Waals surface area contributed by atoms with Crippen molar-refractivity contribution in [1.82, 2.24) is 5.32 Å². The van der Waals surface area contributed by atoms with Crippen LogP contribution in [-0.4, -0.2) is 53.9 Å². The lowest BCUT2D eigenvalue weighted by Gasteiger charge is -2.34. The van der Waals surface area contributed by atoms with Crippen molar-refractivity contribution in [3.8, 4) is 0 Å². The lowest BCUT2D eigenvalue weighted by Crippen LogP contribution is -2.43. The molecule has 1 saturated heterocycles. The van der Waals surface area contributed by atoms with Gasteiger partial charge < -0.3 is 25.7 Å². The number of carbonyl (C=O) groups is 2. The molecule has 1 aromatic rings. The van der Waals surface area contributed by atoms with Gasteiger partial charge in [0.05, 0.1) is 12.0 Å². The number of aliphatic hydroxyl groups is 1. The highest BCUT2D eigenvalue weighted by Gasteiger charge is 2.37. The maximum Gasteiger partial charge on any atom is 0.306 e. The van der Waals surface area contributed by atoms with Crippen LogP contribution < -0.4 is 15.5 Å². The predicted octanol–water partition coefficient (Wildman–Crippen LogP) is 1.43. The van der Waals surface area contributed by atoms with Crippen LogP contribution in [0.4, 0.5) is 11.4 Å². The van der Waals surface area contributed by atoms with E-state index < -0.39 is 11.6 Å². The first kappa shape index (κ1) is 18.7. The first-order valence-corrected chi connectivity index (χ1v) is 9.26. The Balaban J connectivity index is 1.51. The molecule has 1 aliphatic carbocycles. The number of carboxylic acid groups (broad SMARTS) is 1. The number of piperazine rings is 1. The Morgan fingerprint density at radius 2 is 1.77 bits per heavy atom. The summed E-state index contributed by atoms with van der Waals surface area (Å²) >= 11 is 0. The van der Waals surface area contributed by atoms with Gasteiger partial charge in [-0.25, -0.2) is 0 Å². The fourth-order valence-corrected chi connectivity index (χ4v) is 3.80. The summed E-state index contributed by atoms with van der Waals surface area (Å²) in [6.07, 6.45) is 1.45. The Morgan fingerprint density at radius 1 is 1.15 bits per heavy atom. The van der Waals surface area contributed by atoms with Gasteiger partial charge in [-0.05, 0) is 49.9 Å². The third-order valence-corrected chi connectivity index (χ3v) is 5.38. The number of amides is 1. The Bertz CT molecular complexity index is 633. The minimum absolute atomic E-state index is 0.0581. The molecule has 1 amide bonds. The van der Waals surface area contributed by atoms with Crippen molar-refractivity contribution in [1.29, 1.82) is 0 Å². The molecule has 1 heterocycles. The average molecular weight is 361 g/mol. The van der Waals surface area contributed by atoms with Gasteiger partial charge in [0.2, 0.25) is 5.91 Å². The van der Waals surface area contributed by atoms with Gasteiger partial charge in [-0.3, -0.25) is 9.59 Å². The lowest BCUT2D eigenvalue weighted by atomic mass is 9.77. The first-order valence-electron chi connectivity index (χ1n) is 9.26. The smallest absolute Gasteiger partial charge is 0.306 e. The summed E-state index contributed by atoms with van der Waals surface area (Å²) < 4.78 is 0. The number of carboxylic acids is 1. The van der Waals surface area contributed by atoms with Crippen LogP contribution in [0.15, 0.2) is 24.3 Å².